The van der Waals surface area contributed by atoms with Gasteiger partial charge in [0, 0.05) is 43.9 Å². The van der Waals surface area contributed by atoms with Crippen LogP contribution in [0.4, 0.5) is 5.69 Å². The van der Waals surface area contributed by atoms with E-state index in [4.69, 9.17) is 0 Å². The van der Waals surface area contributed by atoms with Crippen LogP contribution in [0.25, 0.3) is 0 Å². The molecule has 1 aliphatic heterocycles. The van der Waals surface area contributed by atoms with E-state index in [1.165, 1.54) is 25.7 Å². The molecule has 0 unspecified atom stereocenters. The number of anilines is 1. The molecule has 1 aliphatic carbocycles. The normalized spacial score (nSPS) is 18.3. The molecule has 1 saturated heterocycles. The first-order valence-electron chi connectivity index (χ1n) is 9.97. The monoisotopic (exact) mass is 407 g/mol. The van der Waals surface area contributed by atoms with Crippen molar-refractivity contribution in [2.75, 3.05) is 37.2 Å². The lowest BCUT2D eigenvalue weighted by Crippen LogP contribution is -2.50. The van der Waals surface area contributed by atoms with Crippen LogP contribution in [0.15, 0.2) is 24.3 Å². The molecule has 0 radical (unpaired) electrons. The smallest absolute Gasteiger partial charge is 0.254 e. The summed E-state index contributed by atoms with van der Waals surface area (Å²) < 4.78 is 25.1. The number of nitrogens with zero attached hydrogens (tertiary/aromatic N) is 2. The molecule has 1 aromatic carbocycles. The molecule has 2 amide bonds. The summed E-state index contributed by atoms with van der Waals surface area (Å²) >= 11 is 0. The molecule has 1 saturated carbocycles. The summed E-state index contributed by atoms with van der Waals surface area (Å²) in [4.78, 5) is 28.8. The van der Waals surface area contributed by atoms with E-state index in [-0.39, 0.29) is 11.8 Å². The summed E-state index contributed by atoms with van der Waals surface area (Å²) in [6, 6.07) is 6.49. The van der Waals surface area contributed by atoms with E-state index in [0.29, 0.717) is 49.8 Å². The Hall–Kier alpha value is -2.09. The van der Waals surface area contributed by atoms with Crippen molar-refractivity contribution in [3.63, 3.8) is 0 Å². The molecule has 0 bridgehead atoms. The number of nitrogens with one attached hydrogen (secondary N) is 1. The Kier molecular flexibility index (Phi) is 6.59. The highest BCUT2D eigenvalue weighted by atomic mass is 32.2. The van der Waals surface area contributed by atoms with Crippen LogP contribution in [0, 0.1) is 5.92 Å². The van der Waals surface area contributed by atoms with Gasteiger partial charge in [0.15, 0.2) is 0 Å². The molecule has 1 N–H and O–H groups in total. The zero-order valence-electron chi connectivity index (χ0n) is 16.4. The zero-order valence-corrected chi connectivity index (χ0v) is 17.2. The van der Waals surface area contributed by atoms with Crippen LogP contribution in [0.5, 0.6) is 0 Å². The molecule has 0 atom stereocenters. The van der Waals surface area contributed by atoms with Gasteiger partial charge in [-0.3, -0.25) is 14.3 Å². The van der Waals surface area contributed by atoms with E-state index in [9.17, 15) is 18.0 Å². The molecule has 3 rings (SSSR count). The summed E-state index contributed by atoms with van der Waals surface area (Å²) in [7, 11) is -3.39. The van der Waals surface area contributed by atoms with Crippen LogP contribution >= 0.6 is 0 Å². The minimum Gasteiger partial charge on any atom is -0.339 e. The first-order valence-corrected chi connectivity index (χ1v) is 11.9. The maximum absolute atomic E-state index is 12.7. The molecule has 1 aromatic rings. The van der Waals surface area contributed by atoms with Gasteiger partial charge in [-0.25, -0.2) is 8.42 Å². The third-order valence-corrected chi connectivity index (χ3v) is 6.18. The summed E-state index contributed by atoms with van der Waals surface area (Å²) in [5, 5.41) is 0. The lowest BCUT2D eigenvalue weighted by atomic mass is 10.0. The number of hydrogen-bond acceptors (Lipinski definition) is 4. The number of carbonyl (C=O) groups excluding carboxylic acids is 2. The quantitative estimate of drug-likeness (QED) is 0.784. The highest BCUT2D eigenvalue weighted by molar-refractivity contribution is 7.92. The van der Waals surface area contributed by atoms with Gasteiger partial charge < -0.3 is 9.80 Å². The second-order valence-corrected chi connectivity index (χ2v) is 9.57. The van der Waals surface area contributed by atoms with Gasteiger partial charge >= 0.3 is 0 Å². The number of carbonyl (C=O) groups is 2. The maximum atomic E-state index is 12.7. The van der Waals surface area contributed by atoms with Gasteiger partial charge in [-0.2, -0.15) is 0 Å². The van der Waals surface area contributed by atoms with Gasteiger partial charge in [-0.15, -0.1) is 0 Å². The minimum atomic E-state index is -3.39. The number of rotatable bonds is 6. The molecule has 8 heteroatoms. The van der Waals surface area contributed by atoms with E-state index < -0.39 is 10.0 Å². The number of sulfonamides is 1. The Morgan fingerprint density at radius 1 is 1.07 bits per heavy atom. The van der Waals surface area contributed by atoms with Crippen molar-refractivity contribution in [3.8, 4) is 0 Å². The van der Waals surface area contributed by atoms with Crippen LogP contribution in [0.1, 0.15) is 48.9 Å². The number of hydrogen-bond donors (Lipinski definition) is 1. The minimum absolute atomic E-state index is 0.143. The Balaban J connectivity index is 1.50. The van der Waals surface area contributed by atoms with Crippen LogP contribution in [-0.4, -0.2) is 62.5 Å². The molecule has 2 aliphatic rings. The van der Waals surface area contributed by atoms with Gasteiger partial charge in [-0.05, 0) is 30.5 Å². The van der Waals surface area contributed by atoms with Crippen molar-refractivity contribution in [3.05, 3.63) is 29.8 Å². The average molecular weight is 408 g/mol. The molecule has 28 heavy (non-hydrogen) atoms. The molecule has 2 fully saturated rings. The summed E-state index contributed by atoms with van der Waals surface area (Å²) in [5.41, 5.74) is 0.809. The lowest BCUT2D eigenvalue weighted by Gasteiger charge is -2.35. The van der Waals surface area contributed by atoms with E-state index >= 15 is 0 Å². The Bertz CT molecular complexity index is 810. The third kappa shape index (κ3) is 5.70. The van der Waals surface area contributed by atoms with Gasteiger partial charge in [0.25, 0.3) is 5.91 Å². The van der Waals surface area contributed by atoms with E-state index in [1.807, 2.05) is 4.90 Å². The summed E-state index contributed by atoms with van der Waals surface area (Å²) in [6.45, 7) is 2.10. The first kappa shape index (κ1) is 20.6. The van der Waals surface area contributed by atoms with Gasteiger partial charge in [0.2, 0.25) is 15.9 Å². The Labute approximate surface area is 167 Å². The number of piperazine rings is 1. The predicted molar refractivity (Wildman–Crippen MR) is 109 cm³/mol. The third-order valence-electron chi connectivity index (χ3n) is 5.57. The molecule has 7 nitrogen and oxygen atoms in total. The maximum Gasteiger partial charge on any atom is 0.254 e. The molecule has 154 valence electrons. The fourth-order valence-electron chi connectivity index (χ4n) is 4.06. The van der Waals surface area contributed by atoms with Gasteiger partial charge in [0.1, 0.15) is 0 Å². The number of amides is 2. The standard InChI is InChI=1S/C20H29N3O4S/c1-28(26,27)21-18-8-4-7-17(15-18)20(25)23-13-11-22(12-14-23)19(24)10-9-16-5-2-3-6-16/h4,7-8,15-16,21H,2-3,5-6,9-14H2,1H3. The second kappa shape index (κ2) is 8.94. The fraction of sp³-hybridized carbons (Fsp3) is 0.600. The van der Waals surface area contributed by atoms with Crippen molar-refractivity contribution >= 4 is 27.5 Å². The van der Waals surface area contributed by atoms with Crippen molar-refractivity contribution in [1.82, 2.24) is 9.80 Å². The van der Waals surface area contributed by atoms with Crippen molar-refractivity contribution in [2.24, 2.45) is 5.92 Å². The van der Waals surface area contributed by atoms with Gasteiger partial charge in [-0.1, -0.05) is 31.7 Å². The Morgan fingerprint density at radius 3 is 2.36 bits per heavy atom. The largest absolute Gasteiger partial charge is 0.339 e. The van der Waals surface area contributed by atoms with Crippen molar-refractivity contribution in [1.29, 1.82) is 0 Å². The molecule has 0 aromatic heterocycles. The van der Waals surface area contributed by atoms with Crippen molar-refractivity contribution < 1.29 is 18.0 Å². The highest BCUT2D eigenvalue weighted by Gasteiger charge is 2.26. The van der Waals surface area contributed by atoms with Crippen LogP contribution < -0.4 is 4.72 Å². The zero-order chi connectivity index (χ0) is 20.1. The van der Waals surface area contributed by atoms with Gasteiger partial charge in [0.05, 0.1) is 6.26 Å². The van der Waals surface area contributed by atoms with Crippen LogP contribution in [0.3, 0.4) is 0 Å². The first-order chi connectivity index (χ1) is 13.3. The van der Waals surface area contributed by atoms with Crippen LogP contribution in [-0.2, 0) is 14.8 Å². The van der Waals surface area contributed by atoms with Crippen LogP contribution in [0.2, 0.25) is 0 Å². The highest BCUT2D eigenvalue weighted by Crippen LogP contribution is 2.28. The molecule has 1 heterocycles. The lowest BCUT2D eigenvalue weighted by molar-refractivity contribution is -0.133. The predicted octanol–water partition coefficient (Wildman–Crippen LogP) is 2.31. The van der Waals surface area contributed by atoms with E-state index in [1.54, 1.807) is 29.2 Å². The molecular formula is C20H29N3O4S. The summed E-state index contributed by atoms with van der Waals surface area (Å²) in [6.07, 6.45) is 7.76. The fourth-order valence-corrected chi connectivity index (χ4v) is 4.61. The number of benzene rings is 1. The molecular weight excluding hydrogens is 378 g/mol. The average Bonchev–Trinajstić information content (AvgIpc) is 3.18. The summed E-state index contributed by atoms with van der Waals surface area (Å²) in [5.74, 6) is 0.758. The second-order valence-electron chi connectivity index (χ2n) is 7.82. The molecule has 0 spiro atoms. The Morgan fingerprint density at radius 2 is 1.71 bits per heavy atom. The van der Waals surface area contributed by atoms with Crippen molar-refractivity contribution in [2.45, 2.75) is 38.5 Å². The van der Waals surface area contributed by atoms with E-state index in [2.05, 4.69) is 4.72 Å². The SMILES string of the molecule is CS(=O)(=O)Nc1cccc(C(=O)N2CCN(C(=O)CCC3CCCC3)CC2)c1. The topological polar surface area (TPSA) is 86.8 Å². The van der Waals surface area contributed by atoms with E-state index in [0.717, 1.165) is 12.7 Å².